The number of carbonyl (C=O) groups excluding carboxylic acids is 2. The lowest BCUT2D eigenvalue weighted by molar-refractivity contribution is -0.137. The largest absolute Gasteiger partial charge is 0.493 e. The summed E-state index contributed by atoms with van der Waals surface area (Å²) in [5.74, 6) is 1.63. The van der Waals surface area contributed by atoms with Crippen LogP contribution in [0.15, 0.2) is 18.2 Å². The van der Waals surface area contributed by atoms with Gasteiger partial charge in [0.05, 0.1) is 26.9 Å². The fraction of sp³-hybridized carbons (Fsp3) is 0.619. The number of methoxy groups -OCH3 is 1. The summed E-state index contributed by atoms with van der Waals surface area (Å²) in [5.41, 5.74) is 0.580. The zero-order valence-corrected chi connectivity index (χ0v) is 16.6. The lowest BCUT2D eigenvalue weighted by Crippen LogP contribution is -2.41. The van der Waals surface area contributed by atoms with E-state index in [-0.39, 0.29) is 18.0 Å². The number of amides is 1. The summed E-state index contributed by atoms with van der Waals surface area (Å²) < 4.78 is 22.2. The quantitative estimate of drug-likeness (QED) is 0.501. The Balaban J connectivity index is 1.38. The van der Waals surface area contributed by atoms with Crippen LogP contribution in [0.2, 0.25) is 0 Å². The van der Waals surface area contributed by atoms with Crippen molar-refractivity contribution in [3.05, 3.63) is 23.8 Å². The Bertz CT molecular complexity index is 677. The van der Waals surface area contributed by atoms with E-state index in [9.17, 15) is 9.59 Å². The lowest BCUT2D eigenvalue weighted by atomic mass is 9.96. The first-order chi connectivity index (χ1) is 13.6. The van der Waals surface area contributed by atoms with Crippen molar-refractivity contribution in [1.29, 1.82) is 0 Å². The van der Waals surface area contributed by atoms with Crippen molar-refractivity contribution in [3.63, 3.8) is 0 Å². The average molecular weight is 391 g/mol. The van der Waals surface area contributed by atoms with E-state index in [4.69, 9.17) is 18.9 Å². The average Bonchev–Trinajstić information content (AvgIpc) is 3.26. The maximum absolute atomic E-state index is 12.4. The molecule has 2 saturated heterocycles. The van der Waals surface area contributed by atoms with Gasteiger partial charge in [-0.1, -0.05) is 0 Å². The van der Waals surface area contributed by atoms with Crippen molar-refractivity contribution >= 4 is 11.7 Å². The number of benzene rings is 1. The molecule has 2 fully saturated rings. The molecule has 2 aliphatic rings. The van der Waals surface area contributed by atoms with Crippen LogP contribution in [0.5, 0.6) is 11.5 Å². The van der Waals surface area contributed by atoms with Crippen LogP contribution in [0, 0.1) is 5.92 Å². The number of hydrogen-bond acceptors (Lipinski definition) is 6. The molecule has 0 aliphatic carbocycles. The number of likely N-dealkylation sites (tertiary alicyclic amines) is 1. The zero-order chi connectivity index (χ0) is 19.9. The summed E-state index contributed by atoms with van der Waals surface area (Å²) in [6, 6.07) is 5.12. The van der Waals surface area contributed by atoms with E-state index in [1.807, 2.05) is 4.90 Å². The van der Waals surface area contributed by atoms with Crippen LogP contribution < -0.4 is 9.47 Å². The van der Waals surface area contributed by atoms with Gasteiger partial charge >= 0.3 is 0 Å². The number of Topliss-reactive ketones (excluding diaryl/α,β-unsaturated/α-hetero) is 1. The first-order valence-corrected chi connectivity index (χ1v) is 9.91. The van der Waals surface area contributed by atoms with Crippen molar-refractivity contribution in [2.45, 2.75) is 38.9 Å². The van der Waals surface area contributed by atoms with Crippen molar-refractivity contribution in [3.8, 4) is 11.5 Å². The maximum atomic E-state index is 12.4. The Kier molecular flexibility index (Phi) is 7.28. The van der Waals surface area contributed by atoms with Gasteiger partial charge in [0.25, 0.3) is 0 Å². The molecule has 1 amide bonds. The number of hydrogen-bond donors (Lipinski definition) is 0. The van der Waals surface area contributed by atoms with Crippen LogP contribution in [-0.2, 0) is 14.3 Å². The van der Waals surface area contributed by atoms with Crippen LogP contribution in [0.1, 0.15) is 43.0 Å². The Morgan fingerprint density at radius 1 is 1.14 bits per heavy atom. The van der Waals surface area contributed by atoms with Gasteiger partial charge in [-0.15, -0.1) is 0 Å². The fourth-order valence-corrected chi connectivity index (χ4v) is 3.64. The molecule has 0 radical (unpaired) electrons. The van der Waals surface area contributed by atoms with Crippen molar-refractivity contribution in [1.82, 2.24) is 4.90 Å². The Hall–Kier alpha value is -2.12. The second kappa shape index (κ2) is 9.89. The highest BCUT2D eigenvalue weighted by Gasteiger charge is 2.31. The highest BCUT2D eigenvalue weighted by Crippen LogP contribution is 2.29. The molecule has 0 saturated carbocycles. The fourth-order valence-electron chi connectivity index (χ4n) is 3.64. The Morgan fingerprint density at radius 3 is 2.50 bits per heavy atom. The predicted molar refractivity (Wildman–Crippen MR) is 103 cm³/mol. The Morgan fingerprint density at radius 2 is 1.86 bits per heavy atom. The van der Waals surface area contributed by atoms with Gasteiger partial charge in [0.1, 0.15) is 0 Å². The predicted octanol–water partition coefficient (Wildman–Crippen LogP) is 2.67. The van der Waals surface area contributed by atoms with E-state index in [0.29, 0.717) is 55.6 Å². The van der Waals surface area contributed by atoms with Crippen LogP contribution in [-0.4, -0.2) is 62.9 Å². The molecule has 0 N–H and O–H groups in total. The molecular formula is C21H29NO6. The molecule has 7 heteroatoms. The van der Waals surface area contributed by atoms with Gasteiger partial charge in [-0.2, -0.15) is 0 Å². The van der Waals surface area contributed by atoms with Crippen molar-refractivity contribution in [2.24, 2.45) is 5.92 Å². The monoisotopic (exact) mass is 391 g/mol. The number of piperidine rings is 1. The molecular weight excluding hydrogens is 362 g/mol. The Labute approximate surface area is 165 Å². The van der Waals surface area contributed by atoms with Gasteiger partial charge in [-0.05, 0) is 44.4 Å². The molecule has 0 unspecified atom stereocenters. The van der Waals surface area contributed by atoms with Crippen molar-refractivity contribution in [2.75, 3.05) is 40.0 Å². The second-order valence-corrected chi connectivity index (χ2v) is 7.20. The third kappa shape index (κ3) is 5.23. The maximum Gasteiger partial charge on any atom is 0.222 e. The SMILES string of the molecule is COc1cc(C(C)=O)ccc1OCCCC(=O)N1CCC(C2OCCO2)CC1. The summed E-state index contributed by atoms with van der Waals surface area (Å²) in [4.78, 5) is 25.8. The molecule has 154 valence electrons. The lowest BCUT2D eigenvalue weighted by Gasteiger charge is -2.33. The van der Waals surface area contributed by atoms with Gasteiger partial charge in [0, 0.05) is 31.0 Å². The third-order valence-electron chi connectivity index (χ3n) is 5.29. The molecule has 1 aromatic rings. The normalized spacial score (nSPS) is 18.3. The first-order valence-electron chi connectivity index (χ1n) is 9.91. The summed E-state index contributed by atoms with van der Waals surface area (Å²) >= 11 is 0. The molecule has 2 heterocycles. The van der Waals surface area contributed by atoms with E-state index in [2.05, 4.69) is 0 Å². The molecule has 0 atom stereocenters. The second-order valence-electron chi connectivity index (χ2n) is 7.20. The minimum absolute atomic E-state index is 0.0229. The molecule has 0 aromatic heterocycles. The highest BCUT2D eigenvalue weighted by molar-refractivity contribution is 5.94. The van der Waals surface area contributed by atoms with Gasteiger partial charge < -0.3 is 23.8 Å². The first kappa shape index (κ1) is 20.6. The van der Waals surface area contributed by atoms with Gasteiger partial charge in [-0.3, -0.25) is 9.59 Å². The number of rotatable bonds is 8. The summed E-state index contributed by atoms with van der Waals surface area (Å²) in [6.07, 6.45) is 2.84. The smallest absolute Gasteiger partial charge is 0.222 e. The van der Waals surface area contributed by atoms with E-state index < -0.39 is 0 Å². The van der Waals surface area contributed by atoms with Crippen molar-refractivity contribution < 1.29 is 28.5 Å². The van der Waals surface area contributed by atoms with Gasteiger partial charge in [0.2, 0.25) is 5.91 Å². The zero-order valence-electron chi connectivity index (χ0n) is 16.6. The van der Waals surface area contributed by atoms with E-state index in [1.165, 1.54) is 6.92 Å². The topological polar surface area (TPSA) is 74.3 Å². The number of ketones is 1. The number of nitrogens with zero attached hydrogens (tertiary/aromatic N) is 1. The van der Waals surface area contributed by atoms with E-state index in [1.54, 1.807) is 25.3 Å². The standard InChI is InChI=1S/C21H29NO6/c1-15(23)17-5-6-18(19(14-17)25-2)26-11-3-4-20(24)22-9-7-16(8-10-22)21-27-12-13-28-21/h5-6,14,16,21H,3-4,7-13H2,1-2H3. The molecule has 3 rings (SSSR count). The van der Waals surface area contributed by atoms with Crippen LogP contribution in [0.4, 0.5) is 0 Å². The summed E-state index contributed by atoms with van der Waals surface area (Å²) in [5, 5.41) is 0. The molecule has 1 aromatic carbocycles. The highest BCUT2D eigenvalue weighted by atomic mass is 16.7. The van der Waals surface area contributed by atoms with Crippen LogP contribution in [0.3, 0.4) is 0 Å². The third-order valence-corrected chi connectivity index (χ3v) is 5.29. The summed E-state index contributed by atoms with van der Waals surface area (Å²) in [7, 11) is 1.54. The van der Waals surface area contributed by atoms with Gasteiger partial charge in [-0.25, -0.2) is 0 Å². The summed E-state index contributed by atoms with van der Waals surface area (Å²) in [6.45, 7) is 4.79. The van der Waals surface area contributed by atoms with Crippen LogP contribution >= 0.6 is 0 Å². The molecule has 2 aliphatic heterocycles. The number of carbonyl (C=O) groups is 2. The minimum atomic E-state index is -0.0879. The van der Waals surface area contributed by atoms with E-state index >= 15 is 0 Å². The molecule has 28 heavy (non-hydrogen) atoms. The minimum Gasteiger partial charge on any atom is -0.493 e. The molecule has 0 spiro atoms. The molecule has 0 bridgehead atoms. The van der Waals surface area contributed by atoms with Crippen LogP contribution in [0.25, 0.3) is 0 Å². The number of ether oxygens (including phenoxy) is 4. The molecule has 7 nitrogen and oxygen atoms in total. The van der Waals surface area contributed by atoms with E-state index in [0.717, 1.165) is 25.9 Å². The van der Waals surface area contributed by atoms with Gasteiger partial charge in [0.15, 0.2) is 23.6 Å².